The Bertz CT molecular complexity index is 293. The van der Waals surface area contributed by atoms with Crippen molar-refractivity contribution in [1.29, 1.82) is 0 Å². The molecule has 6 nitrogen and oxygen atoms in total. The third-order valence-electron chi connectivity index (χ3n) is 1.90. The van der Waals surface area contributed by atoms with E-state index in [9.17, 15) is 0 Å². The van der Waals surface area contributed by atoms with Crippen LogP contribution in [0, 0.1) is 0 Å². The molecule has 0 fully saturated rings. The van der Waals surface area contributed by atoms with Crippen LogP contribution in [0.15, 0.2) is 6.20 Å². The molecule has 1 aromatic rings. The number of hydrogen-bond acceptors (Lipinski definition) is 5. The number of aromatic nitrogens is 3. The molecule has 1 heterocycles. The predicted octanol–water partition coefficient (Wildman–Crippen LogP) is -0.519. The van der Waals surface area contributed by atoms with Crippen molar-refractivity contribution >= 4 is 0 Å². The van der Waals surface area contributed by atoms with Crippen molar-refractivity contribution in [2.45, 2.75) is 25.9 Å². The van der Waals surface area contributed by atoms with Gasteiger partial charge in [-0.25, -0.2) is 4.68 Å². The van der Waals surface area contributed by atoms with E-state index >= 15 is 0 Å². The van der Waals surface area contributed by atoms with Crippen molar-refractivity contribution in [1.82, 2.24) is 15.0 Å². The highest BCUT2D eigenvalue weighted by molar-refractivity contribution is 5.05. The molecule has 15 heavy (non-hydrogen) atoms. The first-order valence-electron chi connectivity index (χ1n) is 4.92. The summed E-state index contributed by atoms with van der Waals surface area (Å²) in [6.07, 6.45) is 1.81. The molecule has 1 rings (SSSR count). The topological polar surface area (TPSA) is 86.2 Å². The molecule has 0 aliphatic heterocycles. The van der Waals surface area contributed by atoms with Crippen molar-refractivity contribution in [3.05, 3.63) is 11.9 Å². The molecule has 86 valence electrons. The van der Waals surface area contributed by atoms with E-state index in [2.05, 4.69) is 10.3 Å². The predicted molar refractivity (Wildman–Crippen MR) is 55.1 cm³/mol. The lowest BCUT2D eigenvalue weighted by Crippen LogP contribution is -2.29. The zero-order valence-corrected chi connectivity index (χ0v) is 9.18. The second-order valence-corrected chi connectivity index (χ2v) is 3.92. The molecule has 0 saturated carbocycles. The summed E-state index contributed by atoms with van der Waals surface area (Å²) in [7, 11) is 0. The van der Waals surface area contributed by atoms with Gasteiger partial charge in [0.1, 0.15) is 5.69 Å². The van der Waals surface area contributed by atoms with Crippen LogP contribution in [-0.2, 0) is 16.8 Å². The Morgan fingerprint density at radius 1 is 1.53 bits per heavy atom. The molecular formula is C9H18N4O2. The van der Waals surface area contributed by atoms with Crippen molar-refractivity contribution < 1.29 is 9.84 Å². The van der Waals surface area contributed by atoms with Crippen LogP contribution in [-0.4, -0.2) is 39.9 Å². The second-order valence-electron chi connectivity index (χ2n) is 3.92. The Labute approximate surface area is 89.0 Å². The van der Waals surface area contributed by atoms with Crippen molar-refractivity contribution in [2.24, 2.45) is 5.73 Å². The summed E-state index contributed by atoms with van der Waals surface area (Å²) in [5.41, 5.74) is 6.15. The molecule has 0 aromatic carbocycles. The number of nitrogens with zero attached hydrogens (tertiary/aromatic N) is 3. The smallest absolute Gasteiger partial charge is 0.102 e. The lowest BCUT2D eigenvalue weighted by atomic mass is 10.0. The minimum absolute atomic E-state index is 0.0401. The van der Waals surface area contributed by atoms with Gasteiger partial charge >= 0.3 is 0 Å². The van der Waals surface area contributed by atoms with Crippen LogP contribution in [0.3, 0.4) is 0 Å². The van der Waals surface area contributed by atoms with Gasteiger partial charge < -0.3 is 15.6 Å². The molecule has 6 heteroatoms. The third kappa shape index (κ3) is 3.94. The molecular weight excluding hydrogens is 196 g/mol. The Morgan fingerprint density at radius 2 is 2.27 bits per heavy atom. The Hall–Kier alpha value is -0.980. The SMILES string of the molecule is CC(C)(N)c1cn(CCOCCO)nn1. The van der Waals surface area contributed by atoms with Gasteiger partial charge in [0, 0.05) is 0 Å². The molecule has 0 atom stereocenters. The quantitative estimate of drug-likeness (QED) is 0.622. The van der Waals surface area contributed by atoms with Crippen LogP contribution in [0.5, 0.6) is 0 Å². The van der Waals surface area contributed by atoms with Gasteiger partial charge in [-0.3, -0.25) is 0 Å². The van der Waals surface area contributed by atoms with E-state index in [-0.39, 0.29) is 6.61 Å². The van der Waals surface area contributed by atoms with E-state index in [4.69, 9.17) is 15.6 Å². The van der Waals surface area contributed by atoms with Gasteiger partial charge in [0.05, 0.1) is 38.1 Å². The number of aliphatic hydroxyl groups is 1. The minimum atomic E-state index is -0.468. The summed E-state index contributed by atoms with van der Waals surface area (Å²) >= 11 is 0. The third-order valence-corrected chi connectivity index (χ3v) is 1.90. The number of aliphatic hydroxyl groups excluding tert-OH is 1. The van der Waals surface area contributed by atoms with E-state index in [1.54, 1.807) is 4.68 Å². The maximum atomic E-state index is 8.50. The van der Waals surface area contributed by atoms with Crippen LogP contribution in [0.2, 0.25) is 0 Å². The summed E-state index contributed by atoms with van der Waals surface area (Å²) in [4.78, 5) is 0. The molecule has 0 aliphatic carbocycles. The highest BCUT2D eigenvalue weighted by Gasteiger charge is 2.17. The summed E-state index contributed by atoms with van der Waals surface area (Å²) < 4.78 is 6.79. The average molecular weight is 214 g/mol. The van der Waals surface area contributed by atoms with Crippen LogP contribution >= 0.6 is 0 Å². The maximum absolute atomic E-state index is 8.50. The first-order valence-corrected chi connectivity index (χ1v) is 4.92. The fourth-order valence-corrected chi connectivity index (χ4v) is 1.03. The van der Waals surface area contributed by atoms with E-state index in [0.717, 1.165) is 5.69 Å². The van der Waals surface area contributed by atoms with Gasteiger partial charge in [-0.1, -0.05) is 5.21 Å². The van der Waals surface area contributed by atoms with Crippen molar-refractivity contribution in [3.8, 4) is 0 Å². The minimum Gasteiger partial charge on any atom is -0.394 e. The van der Waals surface area contributed by atoms with E-state index in [0.29, 0.717) is 19.8 Å². The standard InChI is InChI=1S/C9H18N4O2/c1-9(2,10)8-7-13(12-11-8)3-5-15-6-4-14/h7,14H,3-6,10H2,1-2H3. The largest absolute Gasteiger partial charge is 0.394 e. The fourth-order valence-electron chi connectivity index (χ4n) is 1.03. The Balaban J connectivity index is 2.40. The summed E-state index contributed by atoms with van der Waals surface area (Å²) in [6.45, 7) is 5.27. The van der Waals surface area contributed by atoms with Gasteiger partial charge in [-0.05, 0) is 13.8 Å². The highest BCUT2D eigenvalue weighted by Crippen LogP contribution is 2.12. The Kier molecular flexibility index (Phi) is 4.19. The monoisotopic (exact) mass is 214 g/mol. The Morgan fingerprint density at radius 3 is 2.80 bits per heavy atom. The van der Waals surface area contributed by atoms with E-state index in [1.807, 2.05) is 20.0 Å². The summed E-state index contributed by atoms with van der Waals surface area (Å²) in [6, 6.07) is 0. The molecule has 0 unspecified atom stereocenters. The zero-order valence-electron chi connectivity index (χ0n) is 9.18. The maximum Gasteiger partial charge on any atom is 0.102 e. The number of nitrogens with two attached hydrogens (primary N) is 1. The number of ether oxygens (including phenoxy) is 1. The van der Waals surface area contributed by atoms with Gasteiger partial charge in [0.25, 0.3) is 0 Å². The first kappa shape index (κ1) is 12.1. The number of rotatable bonds is 6. The van der Waals surface area contributed by atoms with Gasteiger partial charge in [-0.2, -0.15) is 0 Å². The van der Waals surface area contributed by atoms with Gasteiger partial charge in [0.2, 0.25) is 0 Å². The van der Waals surface area contributed by atoms with Crippen molar-refractivity contribution in [3.63, 3.8) is 0 Å². The van der Waals surface area contributed by atoms with Crippen molar-refractivity contribution in [2.75, 3.05) is 19.8 Å². The normalized spacial score (nSPS) is 12.0. The molecule has 1 aromatic heterocycles. The molecule has 3 N–H and O–H groups in total. The molecule has 0 bridgehead atoms. The molecule has 0 spiro atoms. The molecule has 0 amide bonds. The van der Waals surface area contributed by atoms with E-state index < -0.39 is 5.54 Å². The fraction of sp³-hybridized carbons (Fsp3) is 0.778. The van der Waals surface area contributed by atoms with Gasteiger partial charge in [0.15, 0.2) is 0 Å². The van der Waals surface area contributed by atoms with E-state index in [1.165, 1.54) is 0 Å². The second kappa shape index (κ2) is 5.20. The lowest BCUT2D eigenvalue weighted by Gasteiger charge is -2.13. The van der Waals surface area contributed by atoms with Crippen LogP contribution in [0.25, 0.3) is 0 Å². The summed E-state index contributed by atoms with van der Waals surface area (Å²) in [5, 5.41) is 16.4. The van der Waals surface area contributed by atoms with Crippen LogP contribution in [0.4, 0.5) is 0 Å². The number of hydrogen-bond donors (Lipinski definition) is 2. The molecule has 0 saturated heterocycles. The lowest BCUT2D eigenvalue weighted by molar-refractivity contribution is 0.0851. The molecule has 0 radical (unpaired) electrons. The van der Waals surface area contributed by atoms with Crippen LogP contribution in [0.1, 0.15) is 19.5 Å². The summed E-state index contributed by atoms with van der Waals surface area (Å²) in [5.74, 6) is 0. The van der Waals surface area contributed by atoms with Crippen LogP contribution < -0.4 is 5.73 Å². The highest BCUT2D eigenvalue weighted by atomic mass is 16.5. The average Bonchev–Trinajstić information content (AvgIpc) is 2.60. The first-order chi connectivity index (χ1) is 7.04. The van der Waals surface area contributed by atoms with Gasteiger partial charge in [-0.15, -0.1) is 5.10 Å². The zero-order chi connectivity index (χ0) is 11.3. The molecule has 0 aliphatic rings.